The van der Waals surface area contributed by atoms with E-state index >= 15 is 0 Å². The van der Waals surface area contributed by atoms with E-state index in [2.05, 4.69) is 44.7 Å². The predicted molar refractivity (Wildman–Crippen MR) is 96.2 cm³/mol. The second-order valence-electron chi connectivity index (χ2n) is 5.29. The smallest absolute Gasteiger partial charge is 0.0352 e. The molecule has 1 nitrogen and oxygen atoms in total. The van der Waals surface area contributed by atoms with Crippen LogP contribution in [0, 0.1) is 0 Å². The first-order valence-electron chi connectivity index (χ1n) is 7.60. The molecule has 0 unspecified atom stereocenters. The number of nitrogen functional groups attached to an aromatic ring is 1. The molecule has 0 aliphatic carbocycles. The van der Waals surface area contributed by atoms with Gasteiger partial charge in [0.2, 0.25) is 0 Å². The number of anilines is 1. The summed E-state index contributed by atoms with van der Waals surface area (Å²) < 4.78 is 0. The van der Waals surface area contributed by atoms with Crippen LogP contribution in [0.15, 0.2) is 60.7 Å². The maximum Gasteiger partial charge on any atom is 0.0352 e. The van der Waals surface area contributed by atoms with Gasteiger partial charge >= 0.3 is 0 Å². The van der Waals surface area contributed by atoms with E-state index < -0.39 is 0 Å². The van der Waals surface area contributed by atoms with Gasteiger partial charge in [-0.3, -0.25) is 0 Å². The number of benzene rings is 1. The predicted octanol–water partition coefficient (Wildman–Crippen LogP) is 5.70. The molecule has 0 aliphatic rings. The fourth-order valence-electron chi connectivity index (χ4n) is 2.11. The van der Waals surface area contributed by atoms with Crippen molar-refractivity contribution in [2.75, 3.05) is 5.73 Å². The van der Waals surface area contributed by atoms with Gasteiger partial charge in [0, 0.05) is 5.69 Å². The van der Waals surface area contributed by atoms with Crippen molar-refractivity contribution in [1.29, 1.82) is 0 Å². The van der Waals surface area contributed by atoms with Crippen LogP contribution in [0.1, 0.15) is 44.7 Å². The van der Waals surface area contributed by atoms with E-state index in [1.165, 1.54) is 11.1 Å². The molecule has 1 aromatic carbocycles. The van der Waals surface area contributed by atoms with Crippen LogP contribution in [0.2, 0.25) is 0 Å². The first-order valence-corrected chi connectivity index (χ1v) is 7.60. The molecule has 21 heavy (non-hydrogen) atoms. The Kier molecular flexibility index (Phi) is 7.31. The van der Waals surface area contributed by atoms with Gasteiger partial charge in [0.1, 0.15) is 0 Å². The maximum absolute atomic E-state index is 6.05. The molecule has 1 aromatic rings. The van der Waals surface area contributed by atoms with Crippen LogP contribution >= 0.6 is 0 Å². The molecule has 0 heterocycles. The average Bonchev–Trinajstić information content (AvgIpc) is 2.49. The summed E-state index contributed by atoms with van der Waals surface area (Å²) in [6.07, 6.45) is 13.3. The van der Waals surface area contributed by atoms with Crippen molar-refractivity contribution in [2.24, 2.45) is 0 Å². The van der Waals surface area contributed by atoms with Crippen molar-refractivity contribution >= 4 is 11.3 Å². The minimum Gasteiger partial charge on any atom is -0.398 e. The van der Waals surface area contributed by atoms with Crippen molar-refractivity contribution < 1.29 is 0 Å². The van der Waals surface area contributed by atoms with Crippen molar-refractivity contribution in [3.05, 3.63) is 71.9 Å². The molecule has 0 aliphatic heterocycles. The number of nitrogens with two attached hydrogens (primary N) is 1. The van der Waals surface area contributed by atoms with E-state index in [-0.39, 0.29) is 0 Å². The summed E-state index contributed by atoms with van der Waals surface area (Å²) in [7, 11) is 0. The van der Waals surface area contributed by atoms with Crippen LogP contribution < -0.4 is 5.73 Å². The van der Waals surface area contributed by atoms with Gasteiger partial charge in [-0.2, -0.15) is 0 Å². The van der Waals surface area contributed by atoms with Crippen LogP contribution in [0.4, 0.5) is 5.69 Å². The zero-order chi connectivity index (χ0) is 15.7. The number of hydrogen-bond donors (Lipinski definition) is 1. The molecule has 0 aromatic heterocycles. The van der Waals surface area contributed by atoms with Crippen LogP contribution in [-0.2, 0) is 6.42 Å². The summed E-state index contributed by atoms with van der Waals surface area (Å²) in [5.41, 5.74) is 11.8. The molecular formula is C20H27N. The normalized spacial score (nSPS) is 12.4. The quantitative estimate of drug-likeness (QED) is 0.503. The number of allylic oxidation sites excluding steroid dienone is 7. The minimum absolute atomic E-state index is 0.873. The molecule has 112 valence electrons. The highest BCUT2D eigenvalue weighted by molar-refractivity contribution is 5.68. The second kappa shape index (κ2) is 9.02. The van der Waals surface area contributed by atoms with Crippen LogP contribution in [0.25, 0.3) is 5.57 Å². The third-order valence-electron chi connectivity index (χ3n) is 3.55. The van der Waals surface area contributed by atoms with Gasteiger partial charge in [-0.25, -0.2) is 0 Å². The Morgan fingerprint density at radius 3 is 2.57 bits per heavy atom. The monoisotopic (exact) mass is 281 g/mol. The lowest BCUT2D eigenvalue weighted by atomic mass is 9.97. The first kappa shape index (κ1) is 17.0. The van der Waals surface area contributed by atoms with Gasteiger partial charge in [-0.15, -0.1) is 0 Å². The molecule has 0 atom stereocenters. The molecule has 2 N–H and O–H groups in total. The molecule has 1 heteroatoms. The number of aryl methyl sites for hydroxylation is 1. The number of hydrogen-bond acceptors (Lipinski definition) is 1. The Balaban J connectivity index is 2.59. The first-order chi connectivity index (χ1) is 10.1. The van der Waals surface area contributed by atoms with Gasteiger partial charge in [-0.05, 0) is 55.9 Å². The van der Waals surface area contributed by atoms with E-state index in [9.17, 15) is 0 Å². The summed E-state index contributed by atoms with van der Waals surface area (Å²) in [5, 5.41) is 0. The van der Waals surface area contributed by atoms with Gasteiger partial charge in [0.15, 0.2) is 0 Å². The fraction of sp³-hybridized carbons (Fsp3) is 0.300. The Hall–Kier alpha value is -2.02. The summed E-state index contributed by atoms with van der Waals surface area (Å²) in [5.74, 6) is 0. The molecule has 0 spiro atoms. The van der Waals surface area contributed by atoms with Crippen LogP contribution in [0.3, 0.4) is 0 Å². The molecule has 0 bridgehead atoms. The Bertz CT molecular complexity index is 559. The molecule has 0 radical (unpaired) electrons. The zero-order valence-corrected chi connectivity index (χ0v) is 13.5. The zero-order valence-electron chi connectivity index (χ0n) is 13.5. The summed E-state index contributed by atoms with van der Waals surface area (Å²) in [6, 6.07) is 6.28. The van der Waals surface area contributed by atoms with E-state index in [0.717, 1.165) is 36.1 Å². The number of rotatable bonds is 7. The van der Waals surface area contributed by atoms with Crippen molar-refractivity contribution in [3.63, 3.8) is 0 Å². The van der Waals surface area contributed by atoms with Crippen LogP contribution in [-0.4, -0.2) is 0 Å². The summed E-state index contributed by atoms with van der Waals surface area (Å²) >= 11 is 0. The molecule has 0 amide bonds. The van der Waals surface area contributed by atoms with Gasteiger partial charge in [0.05, 0.1) is 0 Å². The molecule has 0 fully saturated rings. The van der Waals surface area contributed by atoms with E-state index in [1.807, 2.05) is 31.2 Å². The highest BCUT2D eigenvalue weighted by atomic mass is 14.6. The van der Waals surface area contributed by atoms with Gasteiger partial charge in [0.25, 0.3) is 0 Å². The largest absolute Gasteiger partial charge is 0.398 e. The SMILES string of the molecule is C=C(CC/C(C)=C/C=C\C=C/C)c1ccc(CC)c(N)c1. The topological polar surface area (TPSA) is 26.0 Å². The van der Waals surface area contributed by atoms with E-state index in [1.54, 1.807) is 0 Å². The van der Waals surface area contributed by atoms with Crippen LogP contribution in [0.5, 0.6) is 0 Å². The molecule has 1 rings (SSSR count). The lowest BCUT2D eigenvalue weighted by Gasteiger charge is -2.09. The second-order valence-corrected chi connectivity index (χ2v) is 5.29. The Labute approximate surface area is 129 Å². The van der Waals surface area contributed by atoms with Crippen molar-refractivity contribution in [2.45, 2.75) is 40.0 Å². The lowest BCUT2D eigenvalue weighted by molar-refractivity contribution is 0.993. The summed E-state index contributed by atoms with van der Waals surface area (Å²) in [4.78, 5) is 0. The highest BCUT2D eigenvalue weighted by Crippen LogP contribution is 2.24. The summed E-state index contributed by atoms with van der Waals surface area (Å²) in [6.45, 7) is 10.5. The maximum atomic E-state index is 6.05. The Morgan fingerprint density at radius 1 is 1.19 bits per heavy atom. The van der Waals surface area contributed by atoms with Crippen molar-refractivity contribution in [1.82, 2.24) is 0 Å². The van der Waals surface area contributed by atoms with E-state index in [0.29, 0.717) is 0 Å². The fourth-order valence-corrected chi connectivity index (χ4v) is 2.11. The van der Waals surface area contributed by atoms with Gasteiger partial charge in [-0.1, -0.05) is 61.6 Å². The van der Waals surface area contributed by atoms with Gasteiger partial charge < -0.3 is 5.73 Å². The van der Waals surface area contributed by atoms with E-state index in [4.69, 9.17) is 5.73 Å². The molecular weight excluding hydrogens is 254 g/mol. The third kappa shape index (κ3) is 5.86. The lowest BCUT2D eigenvalue weighted by Crippen LogP contribution is -1.95. The highest BCUT2D eigenvalue weighted by Gasteiger charge is 2.03. The molecule has 0 saturated heterocycles. The third-order valence-corrected chi connectivity index (χ3v) is 3.55. The average molecular weight is 281 g/mol. The molecule has 0 saturated carbocycles. The van der Waals surface area contributed by atoms with Crippen molar-refractivity contribution in [3.8, 4) is 0 Å². The standard InChI is InChI=1S/C20H27N/c1-5-7-8-9-10-16(3)11-12-17(4)19-14-13-18(6-2)20(21)15-19/h5,7-10,13-15H,4,6,11-12,21H2,1-3H3/b7-5-,9-8-,16-10+. The minimum atomic E-state index is 0.873. The Morgan fingerprint density at radius 2 is 1.95 bits per heavy atom.